The second-order valence-electron chi connectivity index (χ2n) is 3.37. The summed E-state index contributed by atoms with van der Waals surface area (Å²) in [5.74, 6) is 2.55. The summed E-state index contributed by atoms with van der Waals surface area (Å²) in [6.07, 6.45) is 5.79. The summed E-state index contributed by atoms with van der Waals surface area (Å²) >= 11 is 3.28. The average molecular weight is 283 g/mol. The van der Waals surface area contributed by atoms with Crippen molar-refractivity contribution >= 4 is 27.3 Å². The monoisotopic (exact) mass is 282 g/mol. The van der Waals surface area contributed by atoms with Crippen molar-refractivity contribution in [3.05, 3.63) is 32.8 Å². The highest BCUT2D eigenvalue weighted by Crippen LogP contribution is 2.27. The van der Waals surface area contributed by atoms with Gasteiger partial charge in [-0.2, -0.15) is 0 Å². The molecule has 0 heterocycles. The van der Waals surface area contributed by atoms with Gasteiger partial charge in [-0.25, -0.2) is 0 Å². The maximum Gasteiger partial charge on any atom is 0.270 e. The molecule has 1 aromatic rings. The number of rotatable bonds is 4. The number of terminal acetylenes is 1. The van der Waals surface area contributed by atoms with Crippen LogP contribution in [-0.2, 0) is 0 Å². The molecule has 1 aromatic carbocycles. The Labute approximate surface area is 102 Å². The first-order valence-corrected chi connectivity index (χ1v) is 5.48. The van der Waals surface area contributed by atoms with E-state index in [0.717, 1.165) is 5.69 Å². The van der Waals surface area contributed by atoms with Gasteiger partial charge in [0.15, 0.2) is 0 Å². The molecule has 0 aliphatic carbocycles. The fourth-order valence-electron chi connectivity index (χ4n) is 1.23. The molecule has 1 unspecified atom stereocenters. The lowest BCUT2D eigenvalue weighted by Crippen LogP contribution is -2.14. The Morgan fingerprint density at radius 3 is 2.88 bits per heavy atom. The van der Waals surface area contributed by atoms with Crippen LogP contribution < -0.4 is 5.32 Å². The molecule has 1 atom stereocenters. The van der Waals surface area contributed by atoms with Crippen molar-refractivity contribution in [2.45, 2.75) is 19.4 Å². The van der Waals surface area contributed by atoms with Crippen LogP contribution in [0.4, 0.5) is 11.4 Å². The van der Waals surface area contributed by atoms with E-state index in [1.54, 1.807) is 6.07 Å². The number of hydrogen-bond donors (Lipinski definition) is 1. The van der Waals surface area contributed by atoms with Gasteiger partial charge in [-0.1, -0.05) is 0 Å². The lowest BCUT2D eigenvalue weighted by Gasteiger charge is -2.13. The van der Waals surface area contributed by atoms with E-state index in [0.29, 0.717) is 10.9 Å². The van der Waals surface area contributed by atoms with E-state index in [-0.39, 0.29) is 11.7 Å². The van der Waals surface area contributed by atoms with Crippen LogP contribution in [0.5, 0.6) is 0 Å². The van der Waals surface area contributed by atoms with Gasteiger partial charge < -0.3 is 5.32 Å². The molecular weight excluding hydrogens is 272 g/mol. The minimum absolute atomic E-state index is 0.0574. The van der Waals surface area contributed by atoms with Crippen LogP contribution in [0.2, 0.25) is 0 Å². The molecule has 0 aliphatic heterocycles. The van der Waals surface area contributed by atoms with Crippen molar-refractivity contribution in [3.63, 3.8) is 0 Å². The molecule has 0 bridgehead atoms. The minimum atomic E-state index is -0.431. The standard InChI is InChI=1S/C11H11BrN2O2/c1-3-4-8(2)13-11-6-5-9(14(15)16)7-10(11)12/h1,5-8,13H,4H2,2H3. The Hall–Kier alpha value is -1.54. The first-order valence-electron chi connectivity index (χ1n) is 4.68. The van der Waals surface area contributed by atoms with Crippen LogP contribution in [0, 0.1) is 22.5 Å². The van der Waals surface area contributed by atoms with E-state index < -0.39 is 4.92 Å². The molecule has 16 heavy (non-hydrogen) atoms. The maximum absolute atomic E-state index is 10.5. The summed E-state index contributed by atoms with van der Waals surface area (Å²) in [4.78, 5) is 10.1. The number of nitro groups is 1. The molecule has 1 rings (SSSR count). The molecule has 0 amide bonds. The normalized spacial score (nSPS) is 11.6. The summed E-state index contributed by atoms with van der Waals surface area (Å²) in [5, 5.41) is 13.7. The maximum atomic E-state index is 10.5. The van der Waals surface area contributed by atoms with E-state index in [2.05, 4.69) is 27.2 Å². The Kier molecular flexibility index (Phi) is 4.32. The smallest absolute Gasteiger partial charge is 0.270 e. The van der Waals surface area contributed by atoms with Gasteiger partial charge in [0.1, 0.15) is 0 Å². The van der Waals surface area contributed by atoms with Gasteiger partial charge in [-0.15, -0.1) is 12.3 Å². The lowest BCUT2D eigenvalue weighted by molar-refractivity contribution is -0.384. The summed E-state index contributed by atoms with van der Waals surface area (Å²) in [7, 11) is 0. The van der Waals surface area contributed by atoms with Gasteiger partial charge in [0.2, 0.25) is 0 Å². The van der Waals surface area contributed by atoms with E-state index in [1.165, 1.54) is 12.1 Å². The molecule has 84 valence electrons. The highest BCUT2D eigenvalue weighted by atomic mass is 79.9. The van der Waals surface area contributed by atoms with Gasteiger partial charge in [-0.05, 0) is 28.9 Å². The van der Waals surface area contributed by atoms with E-state index >= 15 is 0 Å². The Morgan fingerprint density at radius 2 is 2.38 bits per heavy atom. The number of halogens is 1. The van der Waals surface area contributed by atoms with Crippen LogP contribution >= 0.6 is 15.9 Å². The van der Waals surface area contributed by atoms with Crippen molar-refractivity contribution in [1.29, 1.82) is 0 Å². The molecule has 0 saturated heterocycles. The largest absolute Gasteiger partial charge is 0.381 e. The Bertz CT molecular complexity index is 440. The topological polar surface area (TPSA) is 55.2 Å². The first kappa shape index (κ1) is 12.5. The Morgan fingerprint density at radius 1 is 1.69 bits per heavy atom. The SMILES string of the molecule is C#CCC(C)Nc1ccc([N+](=O)[O-])cc1Br. The fraction of sp³-hybridized carbons (Fsp3) is 0.273. The molecule has 4 nitrogen and oxygen atoms in total. The van der Waals surface area contributed by atoms with Crippen molar-refractivity contribution in [1.82, 2.24) is 0 Å². The number of benzene rings is 1. The summed E-state index contributed by atoms with van der Waals surface area (Å²) < 4.78 is 0.658. The van der Waals surface area contributed by atoms with Gasteiger partial charge in [0.05, 0.1) is 4.92 Å². The highest BCUT2D eigenvalue weighted by molar-refractivity contribution is 9.10. The predicted molar refractivity (Wildman–Crippen MR) is 67.3 cm³/mol. The molecule has 0 spiro atoms. The number of nitrogens with zero attached hydrogens (tertiary/aromatic N) is 1. The predicted octanol–water partition coefficient (Wildman–Crippen LogP) is 3.18. The first-order chi connectivity index (χ1) is 7.54. The van der Waals surface area contributed by atoms with Crippen molar-refractivity contribution < 1.29 is 4.92 Å². The molecule has 1 N–H and O–H groups in total. The zero-order chi connectivity index (χ0) is 12.1. The van der Waals surface area contributed by atoms with Gasteiger partial charge >= 0.3 is 0 Å². The fourth-order valence-corrected chi connectivity index (χ4v) is 1.71. The molecule has 0 aliphatic rings. The second-order valence-corrected chi connectivity index (χ2v) is 4.23. The zero-order valence-electron chi connectivity index (χ0n) is 8.74. The van der Waals surface area contributed by atoms with E-state index in [1.807, 2.05) is 6.92 Å². The quantitative estimate of drug-likeness (QED) is 0.524. The van der Waals surface area contributed by atoms with Crippen LogP contribution in [0.1, 0.15) is 13.3 Å². The summed E-state index contributed by atoms with van der Waals surface area (Å²) in [5.41, 5.74) is 0.857. The number of nitrogens with one attached hydrogen (secondary N) is 1. The van der Waals surface area contributed by atoms with Gasteiger partial charge in [0.25, 0.3) is 5.69 Å². The van der Waals surface area contributed by atoms with Crippen LogP contribution in [0.15, 0.2) is 22.7 Å². The third kappa shape index (κ3) is 3.24. The number of hydrogen-bond acceptors (Lipinski definition) is 3. The van der Waals surface area contributed by atoms with Gasteiger partial charge in [0, 0.05) is 34.8 Å². The summed E-state index contributed by atoms with van der Waals surface area (Å²) in [6.45, 7) is 1.95. The third-order valence-corrected chi connectivity index (χ3v) is 2.65. The van der Waals surface area contributed by atoms with Crippen molar-refractivity contribution in [2.24, 2.45) is 0 Å². The average Bonchev–Trinajstić information content (AvgIpc) is 2.21. The number of anilines is 1. The highest BCUT2D eigenvalue weighted by Gasteiger charge is 2.10. The molecule has 0 aromatic heterocycles. The zero-order valence-corrected chi connectivity index (χ0v) is 10.3. The Balaban J connectivity index is 2.84. The van der Waals surface area contributed by atoms with Crippen molar-refractivity contribution in [2.75, 3.05) is 5.32 Å². The van der Waals surface area contributed by atoms with Crippen LogP contribution in [0.25, 0.3) is 0 Å². The molecule has 5 heteroatoms. The van der Waals surface area contributed by atoms with E-state index in [9.17, 15) is 10.1 Å². The molecule has 0 fully saturated rings. The molecular formula is C11H11BrN2O2. The van der Waals surface area contributed by atoms with Crippen LogP contribution in [-0.4, -0.2) is 11.0 Å². The third-order valence-electron chi connectivity index (χ3n) is 1.99. The van der Waals surface area contributed by atoms with Gasteiger partial charge in [-0.3, -0.25) is 10.1 Å². The number of nitro benzene ring substituents is 1. The van der Waals surface area contributed by atoms with Crippen LogP contribution in [0.3, 0.4) is 0 Å². The van der Waals surface area contributed by atoms with Crippen molar-refractivity contribution in [3.8, 4) is 12.3 Å². The molecule has 0 radical (unpaired) electrons. The molecule has 0 saturated carbocycles. The summed E-state index contributed by atoms with van der Waals surface area (Å²) in [6, 6.07) is 4.71. The number of non-ortho nitro benzene ring substituents is 1. The second kappa shape index (κ2) is 5.52. The van der Waals surface area contributed by atoms with E-state index in [4.69, 9.17) is 6.42 Å². The lowest BCUT2D eigenvalue weighted by atomic mass is 10.2. The minimum Gasteiger partial charge on any atom is -0.381 e.